The maximum Gasteiger partial charge on any atom is 0.191 e. The lowest BCUT2D eigenvalue weighted by molar-refractivity contribution is 0.413. The molecule has 0 spiro atoms. The summed E-state index contributed by atoms with van der Waals surface area (Å²) >= 11 is 0. The van der Waals surface area contributed by atoms with Crippen LogP contribution in [0, 0.1) is 0 Å². The van der Waals surface area contributed by atoms with Gasteiger partial charge in [-0.25, -0.2) is 4.98 Å². The number of rotatable bonds is 7. The highest BCUT2D eigenvalue weighted by Crippen LogP contribution is 2.23. The molecule has 0 radical (unpaired) electrons. The summed E-state index contributed by atoms with van der Waals surface area (Å²) in [7, 11) is 2.66. The fourth-order valence-electron chi connectivity index (χ4n) is 3.55. The Balaban J connectivity index is 0.00000320. The summed E-state index contributed by atoms with van der Waals surface area (Å²) < 4.78 is 17.3. The predicted molar refractivity (Wildman–Crippen MR) is 132 cm³/mol. The quantitative estimate of drug-likeness (QED) is 0.281. The van der Waals surface area contributed by atoms with Gasteiger partial charge in [-0.1, -0.05) is 13.3 Å². The maximum atomic E-state index is 12.1. The first kappa shape index (κ1) is 24.6. The molecule has 1 heterocycles. The highest BCUT2D eigenvalue weighted by Gasteiger charge is 2.26. The van der Waals surface area contributed by atoms with Gasteiger partial charge in [0.2, 0.25) is 0 Å². The lowest BCUT2D eigenvalue weighted by Crippen LogP contribution is -2.46. The molecule has 2 aromatic rings. The van der Waals surface area contributed by atoms with Crippen molar-refractivity contribution in [3.63, 3.8) is 0 Å². The Morgan fingerprint density at radius 3 is 2.77 bits per heavy atom. The molecule has 0 bridgehead atoms. The fourth-order valence-corrected chi connectivity index (χ4v) is 4.90. The molecule has 1 saturated carbocycles. The van der Waals surface area contributed by atoms with E-state index >= 15 is 0 Å². The summed E-state index contributed by atoms with van der Waals surface area (Å²) in [6.07, 6.45) is 4.14. The summed E-state index contributed by atoms with van der Waals surface area (Å²) in [5, 5.41) is 14.3. The van der Waals surface area contributed by atoms with Gasteiger partial charge in [0.15, 0.2) is 11.8 Å². The zero-order valence-corrected chi connectivity index (χ0v) is 20.8. The highest BCUT2D eigenvalue weighted by atomic mass is 127. The number of aromatic nitrogens is 3. The number of nitrogens with one attached hydrogen (secondary N) is 3. The lowest BCUT2D eigenvalue weighted by atomic mass is 9.95. The SMILES string of the molecule is CCS(=O)C1CCCC(NC(=NC)NCc2nc(-c3ccc(OC)cc3)n[nH]2)C1.I. The van der Waals surface area contributed by atoms with E-state index < -0.39 is 10.8 Å². The van der Waals surface area contributed by atoms with Crippen LogP contribution in [0.5, 0.6) is 5.75 Å². The second kappa shape index (κ2) is 12.2. The molecular formula is C20H31IN6O2S. The van der Waals surface area contributed by atoms with Crippen LogP contribution in [0.2, 0.25) is 0 Å². The topological polar surface area (TPSA) is 104 Å². The number of nitrogens with zero attached hydrogens (tertiary/aromatic N) is 3. The summed E-state index contributed by atoms with van der Waals surface area (Å²) in [4.78, 5) is 8.86. The van der Waals surface area contributed by atoms with Gasteiger partial charge in [-0.05, 0) is 43.5 Å². The van der Waals surface area contributed by atoms with Crippen LogP contribution in [0.1, 0.15) is 38.4 Å². The molecule has 3 unspecified atom stereocenters. The average Bonchev–Trinajstić information content (AvgIpc) is 3.25. The van der Waals surface area contributed by atoms with Gasteiger partial charge in [-0.15, -0.1) is 24.0 Å². The van der Waals surface area contributed by atoms with Crippen LogP contribution in [-0.4, -0.2) is 56.6 Å². The monoisotopic (exact) mass is 546 g/mol. The minimum atomic E-state index is -0.734. The van der Waals surface area contributed by atoms with Gasteiger partial charge in [0.05, 0.1) is 13.7 Å². The number of ether oxygens (including phenoxy) is 1. The third-order valence-corrected chi connectivity index (χ3v) is 6.89. The first-order chi connectivity index (χ1) is 14.1. The third-order valence-electron chi connectivity index (χ3n) is 5.15. The molecule has 1 fully saturated rings. The molecule has 166 valence electrons. The van der Waals surface area contributed by atoms with E-state index in [0.717, 1.165) is 54.5 Å². The number of hydrogen-bond donors (Lipinski definition) is 3. The van der Waals surface area contributed by atoms with Crippen LogP contribution in [0.15, 0.2) is 29.3 Å². The minimum Gasteiger partial charge on any atom is -0.497 e. The van der Waals surface area contributed by atoms with E-state index in [2.05, 4.69) is 30.8 Å². The van der Waals surface area contributed by atoms with Crippen molar-refractivity contribution in [2.24, 2.45) is 4.99 Å². The van der Waals surface area contributed by atoms with Crippen molar-refractivity contribution in [3.8, 4) is 17.1 Å². The van der Waals surface area contributed by atoms with Gasteiger partial charge in [0.25, 0.3) is 0 Å². The molecule has 30 heavy (non-hydrogen) atoms. The van der Waals surface area contributed by atoms with Crippen LogP contribution in [0.4, 0.5) is 0 Å². The molecule has 1 aromatic carbocycles. The van der Waals surface area contributed by atoms with E-state index in [-0.39, 0.29) is 29.2 Å². The van der Waals surface area contributed by atoms with Crippen LogP contribution in [-0.2, 0) is 17.3 Å². The van der Waals surface area contributed by atoms with E-state index in [1.165, 1.54) is 0 Å². The first-order valence-electron chi connectivity index (χ1n) is 10.0. The fraction of sp³-hybridized carbons (Fsp3) is 0.550. The lowest BCUT2D eigenvalue weighted by Gasteiger charge is -2.30. The van der Waals surface area contributed by atoms with Gasteiger partial charge in [-0.3, -0.25) is 14.3 Å². The van der Waals surface area contributed by atoms with Crippen LogP contribution < -0.4 is 15.4 Å². The molecule has 1 aliphatic carbocycles. The molecule has 8 nitrogen and oxygen atoms in total. The van der Waals surface area contributed by atoms with Crippen molar-refractivity contribution in [2.45, 2.75) is 50.4 Å². The van der Waals surface area contributed by atoms with E-state index in [4.69, 9.17) is 4.74 Å². The van der Waals surface area contributed by atoms with Crippen molar-refractivity contribution in [1.82, 2.24) is 25.8 Å². The zero-order valence-electron chi connectivity index (χ0n) is 17.7. The molecule has 0 saturated heterocycles. The standard InChI is InChI=1S/C20H30N6O2S.HI/c1-4-29(27)17-7-5-6-15(12-17)23-20(21-2)22-13-18-24-19(26-25-18)14-8-10-16(28-3)11-9-14;/h8-11,15,17H,4-7,12-13H2,1-3H3,(H2,21,22,23)(H,24,25,26);1H. The van der Waals surface area contributed by atoms with E-state index in [0.29, 0.717) is 18.4 Å². The molecular weight excluding hydrogens is 515 g/mol. The van der Waals surface area contributed by atoms with Gasteiger partial charge in [0, 0.05) is 40.5 Å². The van der Waals surface area contributed by atoms with Crippen LogP contribution in [0.3, 0.4) is 0 Å². The molecule has 1 aromatic heterocycles. The van der Waals surface area contributed by atoms with Gasteiger partial charge < -0.3 is 15.4 Å². The summed E-state index contributed by atoms with van der Waals surface area (Å²) in [6.45, 7) is 2.48. The smallest absolute Gasteiger partial charge is 0.191 e. The third kappa shape index (κ3) is 6.66. The maximum absolute atomic E-state index is 12.1. The summed E-state index contributed by atoms with van der Waals surface area (Å²) in [6, 6.07) is 7.93. The van der Waals surface area contributed by atoms with Crippen LogP contribution >= 0.6 is 24.0 Å². The Morgan fingerprint density at radius 2 is 2.10 bits per heavy atom. The summed E-state index contributed by atoms with van der Waals surface area (Å²) in [5.74, 6) is 3.62. The molecule has 3 rings (SSSR count). The van der Waals surface area contributed by atoms with Crippen molar-refractivity contribution in [2.75, 3.05) is 19.9 Å². The number of H-pyrrole nitrogens is 1. The Morgan fingerprint density at radius 1 is 1.33 bits per heavy atom. The van der Waals surface area contributed by atoms with Crippen molar-refractivity contribution in [3.05, 3.63) is 30.1 Å². The Labute approximate surface area is 197 Å². The molecule has 0 aliphatic heterocycles. The van der Waals surface area contributed by atoms with Crippen molar-refractivity contribution < 1.29 is 8.95 Å². The number of guanidine groups is 1. The van der Waals surface area contributed by atoms with Gasteiger partial charge in [-0.2, -0.15) is 5.10 Å². The number of halogens is 1. The average molecular weight is 546 g/mol. The Kier molecular flexibility index (Phi) is 10.0. The number of benzene rings is 1. The normalized spacial score (nSPS) is 20.2. The second-order valence-corrected chi connectivity index (χ2v) is 9.06. The number of aromatic amines is 1. The van der Waals surface area contributed by atoms with E-state index in [1.807, 2.05) is 31.2 Å². The van der Waals surface area contributed by atoms with Gasteiger partial charge in [0.1, 0.15) is 11.6 Å². The Bertz CT molecular complexity index is 842. The second-order valence-electron chi connectivity index (χ2n) is 7.06. The predicted octanol–water partition coefficient (Wildman–Crippen LogP) is 2.84. The number of hydrogen-bond acceptors (Lipinski definition) is 5. The number of methoxy groups -OCH3 is 1. The van der Waals surface area contributed by atoms with Crippen molar-refractivity contribution in [1.29, 1.82) is 0 Å². The minimum absolute atomic E-state index is 0. The van der Waals surface area contributed by atoms with E-state index in [1.54, 1.807) is 14.2 Å². The Hall–Kier alpha value is -1.69. The molecule has 0 amide bonds. The van der Waals surface area contributed by atoms with E-state index in [9.17, 15) is 4.21 Å². The first-order valence-corrected chi connectivity index (χ1v) is 11.4. The molecule has 3 N–H and O–H groups in total. The molecule has 1 aliphatic rings. The zero-order chi connectivity index (χ0) is 20.6. The summed E-state index contributed by atoms with van der Waals surface area (Å²) in [5.41, 5.74) is 0.924. The largest absolute Gasteiger partial charge is 0.497 e. The van der Waals surface area contributed by atoms with Crippen molar-refractivity contribution >= 4 is 40.7 Å². The number of aliphatic imine (C=N–C) groups is 1. The van der Waals surface area contributed by atoms with Gasteiger partial charge >= 0.3 is 0 Å². The molecule has 3 atom stereocenters. The van der Waals surface area contributed by atoms with Crippen LogP contribution in [0.25, 0.3) is 11.4 Å². The highest BCUT2D eigenvalue weighted by molar-refractivity contribution is 14.0. The molecule has 10 heteroatoms.